The van der Waals surface area contributed by atoms with Gasteiger partial charge in [0.1, 0.15) is 13.2 Å². The molecule has 0 aliphatic rings. The van der Waals surface area contributed by atoms with Gasteiger partial charge in [0.15, 0.2) is 6.10 Å². The molecule has 0 bridgehead atoms. The molecule has 0 fully saturated rings. The Morgan fingerprint density at radius 3 is 0.928 bits per heavy atom. The van der Waals surface area contributed by atoms with E-state index in [2.05, 4.69) is 93.7 Å². The first-order valence-corrected chi connectivity index (χ1v) is 29.4. The van der Waals surface area contributed by atoms with Gasteiger partial charge in [0.2, 0.25) is 0 Å². The van der Waals surface area contributed by atoms with E-state index in [0.717, 1.165) is 103 Å². The third-order valence-corrected chi connectivity index (χ3v) is 12.7. The highest BCUT2D eigenvalue weighted by molar-refractivity contribution is 5.71. The highest BCUT2D eigenvalue weighted by Crippen LogP contribution is 2.16. The predicted octanol–water partition coefficient (Wildman–Crippen LogP) is 19.8. The third-order valence-electron chi connectivity index (χ3n) is 12.7. The largest absolute Gasteiger partial charge is 0.462 e. The molecule has 0 N–H and O–H groups in total. The number of rotatable bonds is 53. The molecule has 6 nitrogen and oxygen atoms in total. The first-order chi connectivity index (χ1) is 34.0. The van der Waals surface area contributed by atoms with Gasteiger partial charge in [-0.3, -0.25) is 14.4 Å². The van der Waals surface area contributed by atoms with Crippen LogP contribution in [0.3, 0.4) is 0 Å². The lowest BCUT2D eigenvalue weighted by Crippen LogP contribution is -2.30. The average molecular weight is 964 g/mol. The highest BCUT2D eigenvalue weighted by Gasteiger charge is 2.19. The van der Waals surface area contributed by atoms with Crippen LogP contribution in [0.5, 0.6) is 0 Å². The molecule has 69 heavy (non-hydrogen) atoms. The minimum Gasteiger partial charge on any atom is -0.462 e. The Labute approximate surface area is 427 Å². The summed E-state index contributed by atoms with van der Waals surface area (Å²) in [5.74, 6) is -0.889. The van der Waals surface area contributed by atoms with E-state index in [1.807, 2.05) is 0 Å². The molecule has 0 saturated carbocycles. The molecule has 0 aliphatic heterocycles. The van der Waals surface area contributed by atoms with Gasteiger partial charge in [0.05, 0.1) is 0 Å². The number of hydrogen-bond acceptors (Lipinski definition) is 6. The Balaban J connectivity index is 4.34. The zero-order valence-corrected chi connectivity index (χ0v) is 45.6. The molecule has 0 amide bonds. The highest BCUT2D eigenvalue weighted by atomic mass is 16.6. The second-order valence-corrected chi connectivity index (χ2v) is 19.5. The summed E-state index contributed by atoms with van der Waals surface area (Å²) in [6, 6.07) is 0. The van der Waals surface area contributed by atoms with Gasteiger partial charge in [-0.05, 0) is 89.9 Å². The van der Waals surface area contributed by atoms with Crippen molar-refractivity contribution in [3.05, 3.63) is 72.9 Å². The molecule has 0 aromatic rings. The van der Waals surface area contributed by atoms with E-state index in [0.29, 0.717) is 19.3 Å². The van der Waals surface area contributed by atoms with Crippen LogP contribution in [0.4, 0.5) is 0 Å². The minimum absolute atomic E-state index is 0.0809. The van der Waals surface area contributed by atoms with E-state index in [1.165, 1.54) is 148 Å². The van der Waals surface area contributed by atoms with Crippen LogP contribution in [0.1, 0.15) is 290 Å². The van der Waals surface area contributed by atoms with E-state index in [1.54, 1.807) is 0 Å². The molecule has 0 rings (SSSR count). The number of carbonyl (C=O) groups excluding carboxylic acids is 3. The molecule has 6 heteroatoms. The summed E-state index contributed by atoms with van der Waals surface area (Å²) in [5.41, 5.74) is 0. The fourth-order valence-electron chi connectivity index (χ4n) is 8.29. The topological polar surface area (TPSA) is 78.9 Å². The standard InChI is InChI=1S/C63H110O6/c1-4-7-10-13-16-19-22-25-27-29-30-31-32-33-34-35-37-38-41-44-47-50-53-56-62(65)68-59-60(58-67-61(64)55-52-49-46-43-40-24-21-18-15-12-9-6-3)69-63(66)57-54-51-48-45-42-39-36-28-26-23-20-17-14-11-8-5-2/h7,10,16,18-19,21,25,27,30-31,33-34,60H,4-6,8-9,11-15,17,20,22-24,26,28-29,32,35-59H2,1-3H3/b10-7-,19-16-,21-18-,27-25-,31-30-,34-33-. The van der Waals surface area contributed by atoms with Crippen LogP contribution in [0, 0.1) is 0 Å². The quantitative estimate of drug-likeness (QED) is 0.0262. The normalized spacial score (nSPS) is 12.6. The van der Waals surface area contributed by atoms with Crippen molar-refractivity contribution in [1.82, 2.24) is 0 Å². The molecular weight excluding hydrogens is 853 g/mol. The molecular formula is C63H110O6. The number of esters is 3. The van der Waals surface area contributed by atoms with Gasteiger partial charge < -0.3 is 14.2 Å². The number of unbranched alkanes of at least 4 members (excludes halogenated alkanes) is 30. The van der Waals surface area contributed by atoms with Gasteiger partial charge in [0.25, 0.3) is 0 Å². The van der Waals surface area contributed by atoms with Gasteiger partial charge in [-0.15, -0.1) is 0 Å². The van der Waals surface area contributed by atoms with Crippen molar-refractivity contribution < 1.29 is 28.6 Å². The van der Waals surface area contributed by atoms with Crippen LogP contribution in [-0.4, -0.2) is 37.2 Å². The fraction of sp³-hybridized carbons (Fsp3) is 0.762. The van der Waals surface area contributed by atoms with Crippen molar-refractivity contribution in [3.63, 3.8) is 0 Å². The van der Waals surface area contributed by atoms with E-state index in [-0.39, 0.29) is 31.1 Å². The van der Waals surface area contributed by atoms with E-state index in [9.17, 15) is 14.4 Å². The Kier molecular flexibility index (Phi) is 54.8. The summed E-state index contributed by atoms with van der Waals surface area (Å²) in [6.45, 7) is 6.51. The van der Waals surface area contributed by atoms with Crippen molar-refractivity contribution in [1.29, 1.82) is 0 Å². The first-order valence-electron chi connectivity index (χ1n) is 29.4. The van der Waals surface area contributed by atoms with Gasteiger partial charge in [-0.2, -0.15) is 0 Å². The maximum Gasteiger partial charge on any atom is 0.306 e. The monoisotopic (exact) mass is 963 g/mol. The van der Waals surface area contributed by atoms with Gasteiger partial charge in [0, 0.05) is 19.3 Å². The Hall–Kier alpha value is -3.15. The minimum atomic E-state index is -0.781. The molecule has 0 aromatic heterocycles. The Morgan fingerprint density at radius 1 is 0.304 bits per heavy atom. The van der Waals surface area contributed by atoms with E-state index < -0.39 is 6.10 Å². The smallest absolute Gasteiger partial charge is 0.306 e. The summed E-state index contributed by atoms with van der Waals surface area (Å²) in [4.78, 5) is 38.2. The summed E-state index contributed by atoms with van der Waals surface area (Å²) in [7, 11) is 0. The van der Waals surface area contributed by atoms with Crippen molar-refractivity contribution in [2.24, 2.45) is 0 Å². The molecule has 1 atom stereocenters. The number of ether oxygens (including phenoxy) is 3. The maximum atomic E-state index is 12.9. The molecule has 398 valence electrons. The predicted molar refractivity (Wildman–Crippen MR) is 298 cm³/mol. The molecule has 0 saturated heterocycles. The summed E-state index contributed by atoms with van der Waals surface area (Å²) in [6.07, 6.45) is 73.2. The lowest BCUT2D eigenvalue weighted by atomic mass is 10.0. The maximum absolute atomic E-state index is 12.9. The van der Waals surface area contributed by atoms with Crippen molar-refractivity contribution in [2.75, 3.05) is 13.2 Å². The summed E-state index contributed by atoms with van der Waals surface area (Å²) >= 11 is 0. The van der Waals surface area contributed by atoms with E-state index >= 15 is 0 Å². The Bertz CT molecular complexity index is 1290. The fourth-order valence-corrected chi connectivity index (χ4v) is 8.29. The van der Waals surface area contributed by atoms with Crippen molar-refractivity contribution in [2.45, 2.75) is 297 Å². The van der Waals surface area contributed by atoms with E-state index in [4.69, 9.17) is 14.2 Å². The molecule has 1 unspecified atom stereocenters. The lowest BCUT2D eigenvalue weighted by Gasteiger charge is -2.18. The third kappa shape index (κ3) is 55.6. The Morgan fingerprint density at radius 2 is 0.565 bits per heavy atom. The zero-order chi connectivity index (χ0) is 50.0. The van der Waals surface area contributed by atoms with Crippen LogP contribution in [0.25, 0.3) is 0 Å². The average Bonchev–Trinajstić information content (AvgIpc) is 3.35. The van der Waals surface area contributed by atoms with Gasteiger partial charge >= 0.3 is 17.9 Å². The van der Waals surface area contributed by atoms with Crippen LogP contribution < -0.4 is 0 Å². The summed E-state index contributed by atoms with van der Waals surface area (Å²) in [5, 5.41) is 0. The lowest BCUT2D eigenvalue weighted by molar-refractivity contribution is -0.167. The van der Waals surface area contributed by atoms with Gasteiger partial charge in [-0.1, -0.05) is 254 Å². The van der Waals surface area contributed by atoms with Crippen LogP contribution in [0.15, 0.2) is 72.9 Å². The second kappa shape index (κ2) is 57.4. The molecule has 0 heterocycles. The van der Waals surface area contributed by atoms with Crippen LogP contribution in [-0.2, 0) is 28.6 Å². The van der Waals surface area contributed by atoms with Gasteiger partial charge in [-0.25, -0.2) is 0 Å². The molecule has 0 aliphatic carbocycles. The molecule has 0 radical (unpaired) electrons. The molecule has 0 aromatic carbocycles. The number of carbonyl (C=O) groups is 3. The van der Waals surface area contributed by atoms with Crippen molar-refractivity contribution in [3.8, 4) is 0 Å². The van der Waals surface area contributed by atoms with Crippen LogP contribution in [0.2, 0.25) is 0 Å². The second-order valence-electron chi connectivity index (χ2n) is 19.5. The molecule has 0 spiro atoms. The first kappa shape index (κ1) is 65.8. The van der Waals surface area contributed by atoms with Crippen LogP contribution >= 0.6 is 0 Å². The summed E-state index contributed by atoms with van der Waals surface area (Å²) < 4.78 is 16.9. The SMILES string of the molecule is CC/C=C\C/C=C\C/C=C\C/C=C\C/C=C\CCCCCCCCCC(=O)OCC(COC(=O)CCCCCCC/C=C\CCCCC)OC(=O)CCCCCCCCCCCCCCCCCC. The number of allylic oxidation sites excluding steroid dienone is 12. The number of hydrogen-bond donors (Lipinski definition) is 0. The van der Waals surface area contributed by atoms with Crippen molar-refractivity contribution >= 4 is 17.9 Å². The zero-order valence-electron chi connectivity index (χ0n) is 45.6.